The first-order valence-corrected chi connectivity index (χ1v) is 8.88. The molecule has 0 saturated heterocycles. The van der Waals surface area contributed by atoms with Gasteiger partial charge in [-0.3, -0.25) is 4.79 Å². The van der Waals surface area contributed by atoms with Crippen LogP contribution in [0.25, 0.3) is 0 Å². The maximum Gasteiger partial charge on any atom is 0.303 e. The van der Waals surface area contributed by atoms with Gasteiger partial charge in [-0.15, -0.1) is 0 Å². The van der Waals surface area contributed by atoms with E-state index in [2.05, 4.69) is 30.0 Å². The van der Waals surface area contributed by atoms with Crippen LogP contribution in [-0.4, -0.2) is 16.3 Å². The summed E-state index contributed by atoms with van der Waals surface area (Å²) in [5, 5.41) is 17.4. The molecule has 0 aliphatic carbocycles. The summed E-state index contributed by atoms with van der Waals surface area (Å²) in [5.74, 6) is -0.269. The summed E-state index contributed by atoms with van der Waals surface area (Å²) in [6.45, 7) is 2.21. The zero-order valence-corrected chi connectivity index (χ0v) is 14.8. The Morgan fingerprint density at radius 2 is 1.58 bits per heavy atom. The zero-order valence-electron chi connectivity index (χ0n) is 14.8. The van der Waals surface area contributed by atoms with Gasteiger partial charge in [-0.1, -0.05) is 56.2 Å². The first kappa shape index (κ1) is 22.2. The molecule has 0 heterocycles. The Balaban J connectivity index is 3.81. The number of unbranched alkanes of at least 4 members (excludes halogenated alkanes) is 4. The smallest absolute Gasteiger partial charge is 0.303 e. The lowest BCUT2D eigenvalue weighted by atomic mass is 10.2. The van der Waals surface area contributed by atoms with Crippen molar-refractivity contribution in [1.29, 1.82) is 0 Å². The Hall–Kier alpha value is -1.81. The third-order valence-corrected chi connectivity index (χ3v) is 3.43. The van der Waals surface area contributed by atoms with Gasteiger partial charge in [0.15, 0.2) is 0 Å². The Morgan fingerprint density at radius 1 is 0.917 bits per heavy atom. The first-order chi connectivity index (χ1) is 11.7. The van der Waals surface area contributed by atoms with Gasteiger partial charge >= 0.3 is 5.97 Å². The van der Waals surface area contributed by atoms with Gasteiger partial charge in [-0.05, 0) is 44.6 Å². The fraction of sp³-hybridized carbons (Fsp3) is 0.550. The average Bonchev–Trinajstić information content (AvgIpc) is 2.57. The highest BCUT2D eigenvalue weighted by Gasteiger charge is 1.95. The van der Waals surface area contributed by atoms with Gasteiger partial charge in [0.1, 0.15) is 5.76 Å². The van der Waals surface area contributed by atoms with Crippen LogP contribution in [0.2, 0.25) is 0 Å². The monoisotopic (exact) mass is 336 g/mol. The molecule has 0 aromatic rings. The van der Waals surface area contributed by atoms with E-state index < -0.39 is 5.97 Å². The second-order valence-corrected chi connectivity index (χ2v) is 5.63. The molecule has 0 amide bonds. The fourth-order valence-electron chi connectivity index (χ4n) is 2.04. The number of carbonyl (C=O) groups is 1. The van der Waals surface area contributed by atoms with Crippen molar-refractivity contribution in [2.75, 3.05) is 0 Å². The van der Waals surface area contributed by atoms with E-state index >= 15 is 0 Å². The Bertz CT molecular complexity index is 419. The molecule has 4 nitrogen and oxygen atoms in total. The lowest BCUT2D eigenvalue weighted by Crippen LogP contribution is -1.92. The molecule has 0 spiro atoms. The van der Waals surface area contributed by atoms with Crippen LogP contribution in [-0.2, 0) is 9.68 Å². The topological polar surface area (TPSA) is 66.8 Å². The summed E-state index contributed by atoms with van der Waals surface area (Å²) < 4.78 is 0. The first-order valence-electron chi connectivity index (χ1n) is 8.88. The van der Waals surface area contributed by atoms with Crippen molar-refractivity contribution in [3.63, 3.8) is 0 Å². The van der Waals surface area contributed by atoms with Crippen molar-refractivity contribution in [2.24, 2.45) is 0 Å². The van der Waals surface area contributed by atoms with E-state index in [0.717, 1.165) is 19.3 Å². The fourth-order valence-corrected chi connectivity index (χ4v) is 2.04. The summed E-state index contributed by atoms with van der Waals surface area (Å²) >= 11 is 0. The van der Waals surface area contributed by atoms with Gasteiger partial charge in [-0.2, -0.15) is 0 Å². The number of allylic oxidation sites excluding steroid dienone is 7. The second kappa shape index (κ2) is 17.5. The molecule has 2 N–H and O–H groups in total. The molecular weight excluding hydrogens is 304 g/mol. The van der Waals surface area contributed by atoms with Gasteiger partial charge in [0.2, 0.25) is 0 Å². The highest BCUT2D eigenvalue weighted by Crippen LogP contribution is 2.07. The normalized spacial score (nSPS) is 12.7. The largest absolute Gasteiger partial charge is 0.481 e. The molecule has 0 aliphatic rings. The van der Waals surface area contributed by atoms with Gasteiger partial charge in [0.05, 0.1) is 0 Å². The summed E-state index contributed by atoms with van der Waals surface area (Å²) in [6.07, 6.45) is 22.8. The maximum atomic E-state index is 10.4. The van der Waals surface area contributed by atoms with E-state index in [0.29, 0.717) is 25.0 Å². The summed E-state index contributed by atoms with van der Waals surface area (Å²) in [5.41, 5.74) is 0. The number of rotatable bonds is 15. The van der Waals surface area contributed by atoms with Crippen molar-refractivity contribution in [1.82, 2.24) is 0 Å². The summed E-state index contributed by atoms with van der Waals surface area (Å²) in [7, 11) is 0. The predicted octanol–water partition coefficient (Wildman–Crippen LogP) is 6.03. The van der Waals surface area contributed by atoms with Gasteiger partial charge in [0, 0.05) is 12.8 Å². The lowest BCUT2D eigenvalue weighted by molar-refractivity contribution is -0.204. The highest BCUT2D eigenvalue weighted by atomic mass is 17.1. The number of hydrogen-bond acceptors (Lipinski definition) is 3. The van der Waals surface area contributed by atoms with Gasteiger partial charge in [-0.25, -0.2) is 5.26 Å². The second-order valence-electron chi connectivity index (χ2n) is 5.63. The molecule has 0 aromatic carbocycles. The Morgan fingerprint density at radius 3 is 2.29 bits per heavy atom. The van der Waals surface area contributed by atoms with Gasteiger partial charge < -0.3 is 9.99 Å². The van der Waals surface area contributed by atoms with E-state index in [9.17, 15) is 4.79 Å². The van der Waals surface area contributed by atoms with Crippen LogP contribution in [0, 0.1) is 0 Å². The number of carboxylic acid groups (broad SMARTS) is 1. The molecule has 0 bridgehead atoms. The third-order valence-electron chi connectivity index (χ3n) is 3.43. The van der Waals surface area contributed by atoms with E-state index in [1.165, 1.54) is 19.3 Å². The average molecular weight is 336 g/mol. The molecule has 0 unspecified atom stereocenters. The molecule has 4 heteroatoms. The van der Waals surface area contributed by atoms with E-state index in [1.54, 1.807) is 0 Å². The van der Waals surface area contributed by atoms with Crippen LogP contribution >= 0.6 is 0 Å². The van der Waals surface area contributed by atoms with Crippen LogP contribution in [0.3, 0.4) is 0 Å². The molecule has 24 heavy (non-hydrogen) atoms. The van der Waals surface area contributed by atoms with Crippen LogP contribution in [0.5, 0.6) is 0 Å². The van der Waals surface area contributed by atoms with Crippen molar-refractivity contribution in [3.05, 3.63) is 48.3 Å². The van der Waals surface area contributed by atoms with Crippen molar-refractivity contribution >= 4 is 5.97 Å². The van der Waals surface area contributed by atoms with Crippen molar-refractivity contribution in [3.8, 4) is 0 Å². The van der Waals surface area contributed by atoms with Crippen LogP contribution in [0.1, 0.15) is 71.1 Å². The molecule has 136 valence electrons. The minimum atomic E-state index is -0.773. The lowest BCUT2D eigenvalue weighted by Gasteiger charge is -1.98. The standard InChI is InChI=1S/C20H32O4/c1-2-3-4-5-6-7-8-9-10-13-16-19(24-23)17-14-11-12-15-18-20(21)22/h6-7,9-11,14,16,23H,2-5,8,12-13,15,17-18H2,1H3,(H,21,22)/b7-6-,10-9-,14-11-,19-16+. The third kappa shape index (κ3) is 16.6. The molecular formula is C20H32O4. The molecule has 0 atom stereocenters. The molecule has 0 saturated carbocycles. The minimum Gasteiger partial charge on any atom is -0.481 e. The number of carboxylic acids is 1. The van der Waals surface area contributed by atoms with Crippen molar-refractivity contribution in [2.45, 2.75) is 71.1 Å². The number of hydrogen-bond donors (Lipinski definition) is 2. The Kier molecular flexibility index (Phi) is 16.2. The van der Waals surface area contributed by atoms with Crippen LogP contribution in [0.4, 0.5) is 0 Å². The molecule has 0 aromatic heterocycles. The van der Waals surface area contributed by atoms with E-state index in [4.69, 9.17) is 10.4 Å². The summed E-state index contributed by atoms with van der Waals surface area (Å²) in [4.78, 5) is 14.7. The van der Waals surface area contributed by atoms with Crippen LogP contribution in [0.15, 0.2) is 48.3 Å². The van der Waals surface area contributed by atoms with E-state index in [-0.39, 0.29) is 6.42 Å². The van der Waals surface area contributed by atoms with Crippen molar-refractivity contribution < 1.29 is 20.0 Å². The molecule has 0 radical (unpaired) electrons. The molecule has 0 rings (SSSR count). The SMILES string of the molecule is CCCCC/C=C\C/C=C\C/C=C(\C/C=C\CCCC(=O)O)OO. The van der Waals surface area contributed by atoms with E-state index in [1.807, 2.05) is 24.3 Å². The summed E-state index contributed by atoms with van der Waals surface area (Å²) in [6, 6.07) is 0. The molecule has 0 fully saturated rings. The maximum absolute atomic E-state index is 10.4. The zero-order chi connectivity index (χ0) is 17.9. The Labute approximate surface area is 146 Å². The van der Waals surface area contributed by atoms with Gasteiger partial charge in [0.25, 0.3) is 0 Å². The highest BCUT2D eigenvalue weighted by molar-refractivity contribution is 5.66. The predicted molar refractivity (Wildman–Crippen MR) is 98.7 cm³/mol. The number of aliphatic carboxylic acids is 1. The minimum absolute atomic E-state index is 0.182. The molecule has 0 aliphatic heterocycles. The van der Waals surface area contributed by atoms with Crippen LogP contribution < -0.4 is 0 Å². The quantitative estimate of drug-likeness (QED) is 0.126.